The fraction of sp³-hybridized carbons (Fsp3) is 0.477. The largest absolute Gasteiger partial charge is 0.485 e. The van der Waals surface area contributed by atoms with Crippen molar-refractivity contribution in [2.45, 2.75) is 90.6 Å². The molecule has 4 aromatic rings. The van der Waals surface area contributed by atoms with Gasteiger partial charge in [0.1, 0.15) is 31.3 Å². The topological polar surface area (TPSA) is 193 Å². The summed E-state index contributed by atoms with van der Waals surface area (Å²) in [6.07, 6.45) is 10.5. The minimum atomic E-state index is -0.163. The van der Waals surface area contributed by atoms with Crippen molar-refractivity contribution in [3.05, 3.63) is 82.2 Å². The number of likely N-dealkylation sites (tertiary alicyclic amines) is 1. The molecule has 0 radical (unpaired) electrons. The van der Waals surface area contributed by atoms with E-state index < -0.39 is 0 Å². The number of carbonyl (C=O) groups is 2. The number of carbonyl (C=O) groups excluding carboxylic acids is 2. The molecule has 0 unspecified atom stereocenters. The van der Waals surface area contributed by atoms with E-state index in [1.54, 1.807) is 28.2 Å². The quantitative estimate of drug-likeness (QED) is 0.0498. The summed E-state index contributed by atoms with van der Waals surface area (Å²) >= 11 is 1.74. The van der Waals surface area contributed by atoms with E-state index >= 15 is 0 Å². The molecule has 0 spiro atoms. The Bertz CT molecular complexity index is 2120. The Kier molecular flexibility index (Phi) is 23.8. The second-order valence-electron chi connectivity index (χ2n) is 13.9. The predicted octanol–water partition coefficient (Wildman–Crippen LogP) is 6.31. The van der Waals surface area contributed by atoms with Gasteiger partial charge in [0, 0.05) is 62.3 Å². The van der Waals surface area contributed by atoms with Crippen LogP contribution in [0.1, 0.15) is 90.8 Å². The van der Waals surface area contributed by atoms with Crippen molar-refractivity contribution < 1.29 is 14.3 Å². The number of aromatic nitrogens is 4. The summed E-state index contributed by atoms with van der Waals surface area (Å²) in [4.78, 5) is 43.5. The lowest BCUT2D eigenvalue weighted by Crippen LogP contribution is -2.34. The highest BCUT2D eigenvalue weighted by molar-refractivity contribution is 7.97. The van der Waals surface area contributed by atoms with E-state index in [1.807, 2.05) is 53.8 Å². The van der Waals surface area contributed by atoms with Gasteiger partial charge in [-0.1, -0.05) is 26.8 Å². The van der Waals surface area contributed by atoms with Gasteiger partial charge in [-0.05, 0) is 133 Å². The van der Waals surface area contributed by atoms with E-state index in [0.29, 0.717) is 34.8 Å². The summed E-state index contributed by atoms with van der Waals surface area (Å²) in [5, 5.41) is 15.1. The standard InChI is InChI=1S/C36H50N12O2S.C4H8O.C2H4O.C2H6/c1-25(2)50-34-33(28(21-37)22-38)43-24-47(39-3)35(34)42-23-41-29-9-11-30(12-10-29)51-44(5)16-7-17-46-18-14-26(15-19-46)27-8-13-31-32(20-27)45(6)36(49)48(31)40-4;1-2-3-4-5;1-2-3;1-2/h8-13,20-22,24-26,37,40-41H,3,7,14-19,23,38H2,1-2,4-6H3;4H,2-3H2,1H3;2H,1H3;1-2H3/b28-22+,37-21?,42-35-;;;. The van der Waals surface area contributed by atoms with E-state index in [1.165, 1.54) is 29.7 Å². The summed E-state index contributed by atoms with van der Waals surface area (Å²) in [6.45, 7) is 19.4. The number of nitrogens with one attached hydrogen (secondary N) is 3. The zero-order valence-electron chi connectivity index (χ0n) is 37.6. The number of piperidine rings is 1. The maximum atomic E-state index is 12.5. The van der Waals surface area contributed by atoms with Gasteiger partial charge in [-0.15, -0.1) is 0 Å². The number of hydrogen-bond acceptors (Lipinski definition) is 14. The van der Waals surface area contributed by atoms with E-state index in [-0.39, 0.29) is 18.5 Å². The molecular formula is C44H68N12O4S. The second-order valence-corrected chi connectivity index (χ2v) is 15.2. The first-order valence-corrected chi connectivity index (χ1v) is 21.6. The first-order chi connectivity index (χ1) is 29.5. The summed E-state index contributed by atoms with van der Waals surface area (Å²) in [6, 6.07) is 14.7. The van der Waals surface area contributed by atoms with Crippen molar-refractivity contribution in [1.29, 1.82) is 5.41 Å². The van der Waals surface area contributed by atoms with Gasteiger partial charge >= 0.3 is 5.69 Å². The summed E-state index contributed by atoms with van der Waals surface area (Å²) in [5.74, 6) is 0.897. The van der Waals surface area contributed by atoms with E-state index in [0.717, 1.165) is 92.3 Å². The van der Waals surface area contributed by atoms with Crippen LogP contribution in [0, 0.1) is 5.41 Å². The highest BCUT2D eigenvalue weighted by Gasteiger charge is 2.22. The van der Waals surface area contributed by atoms with Crippen molar-refractivity contribution in [3.63, 3.8) is 0 Å². The van der Waals surface area contributed by atoms with Crippen LogP contribution in [0.4, 0.5) is 5.69 Å². The number of aldehydes is 2. The number of rotatable bonds is 18. The fourth-order valence-corrected chi connectivity index (χ4v) is 7.28. The van der Waals surface area contributed by atoms with E-state index in [9.17, 15) is 9.59 Å². The van der Waals surface area contributed by atoms with Crippen LogP contribution in [0.15, 0.2) is 74.8 Å². The maximum absolute atomic E-state index is 12.5. The number of fused-ring (bicyclic) bond motifs is 1. The molecule has 1 aliphatic rings. The molecule has 17 heteroatoms. The van der Waals surface area contributed by atoms with Crippen LogP contribution in [-0.2, 0) is 16.6 Å². The van der Waals surface area contributed by atoms with Gasteiger partial charge in [0.05, 0.1) is 17.1 Å². The number of anilines is 1. The highest BCUT2D eigenvalue weighted by atomic mass is 32.2. The zero-order valence-corrected chi connectivity index (χ0v) is 38.4. The Morgan fingerprint density at radius 1 is 1.15 bits per heavy atom. The predicted molar refractivity (Wildman–Crippen MR) is 252 cm³/mol. The number of nitrogens with two attached hydrogens (primary N) is 1. The van der Waals surface area contributed by atoms with Crippen LogP contribution in [0.2, 0.25) is 0 Å². The lowest BCUT2D eigenvalue weighted by molar-refractivity contribution is -0.108. The second kappa shape index (κ2) is 28.1. The monoisotopic (exact) mass is 861 g/mol. The number of imidazole rings is 1. The van der Waals surface area contributed by atoms with Crippen molar-refractivity contribution in [3.8, 4) is 5.75 Å². The zero-order chi connectivity index (χ0) is 45.3. The third-order valence-corrected chi connectivity index (χ3v) is 10.4. The minimum Gasteiger partial charge on any atom is -0.485 e. The maximum Gasteiger partial charge on any atom is 0.347 e. The Balaban J connectivity index is 0.00000116. The summed E-state index contributed by atoms with van der Waals surface area (Å²) in [7, 11) is 5.74. The molecule has 1 fully saturated rings. The van der Waals surface area contributed by atoms with Gasteiger partial charge in [-0.3, -0.25) is 4.57 Å². The number of aryl methyl sites for hydroxylation is 1. The molecule has 61 heavy (non-hydrogen) atoms. The molecule has 2 aromatic heterocycles. The average Bonchev–Trinajstić information content (AvgIpc) is 3.51. The van der Waals surface area contributed by atoms with Crippen LogP contribution < -0.4 is 32.4 Å². The Labute approximate surface area is 365 Å². The third kappa shape index (κ3) is 15.5. The molecule has 0 amide bonds. The van der Waals surface area contributed by atoms with Crippen molar-refractivity contribution >= 4 is 59.7 Å². The molecule has 16 nitrogen and oxygen atoms in total. The number of hydrogen-bond donors (Lipinski definition) is 4. The molecule has 3 heterocycles. The van der Waals surface area contributed by atoms with Crippen LogP contribution in [0.5, 0.6) is 5.75 Å². The highest BCUT2D eigenvalue weighted by Crippen LogP contribution is 2.30. The Morgan fingerprint density at radius 2 is 1.82 bits per heavy atom. The number of nitrogens with zero attached hydrogens (tertiary/aromatic N) is 8. The molecule has 1 saturated heterocycles. The van der Waals surface area contributed by atoms with Gasteiger partial charge in [0.2, 0.25) is 0 Å². The Morgan fingerprint density at radius 3 is 2.36 bits per heavy atom. The average molecular weight is 861 g/mol. The molecule has 1 aliphatic heterocycles. The molecule has 5 N–H and O–H groups in total. The summed E-state index contributed by atoms with van der Waals surface area (Å²) < 4.78 is 13.1. The molecule has 0 bridgehead atoms. The molecule has 5 rings (SSSR count). The number of benzene rings is 2. The van der Waals surface area contributed by atoms with Gasteiger partial charge in [-0.25, -0.2) is 28.4 Å². The lowest BCUT2D eigenvalue weighted by atomic mass is 9.89. The molecule has 0 atom stereocenters. The minimum absolute atomic E-state index is 0.0520. The molecule has 2 aromatic carbocycles. The third-order valence-electron chi connectivity index (χ3n) is 9.39. The molecular weight excluding hydrogens is 793 g/mol. The first-order valence-electron chi connectivity index (χ1n) is 20.9. The molecule has 0 aliphatic carbocycles. The van der Waals surface area contributed by atoms with Crippen molar-refractivity contribution in [2.75, 3.05) is 57.7 Å². The van der Waals surface area contributed by atoms with Crippen molar-refractivity contribution in [1.82, 2.24) is 28.1 Å². The van der Waals surface area contributed by atoms with Gasteiger partial charge in [0.25, 0.3) is 0 Å². The number of ether oxygens (including phenoxy) is 1. The van der Waals surface area contributed by atoms with Crippen LogP contribution in [0.3, 0.4) is 0 Å². The Hall–Kier alpha value is -5.52. The molecule has 0 saturated carbocycles. The van der Waals surface area contributed by atoms with E-state index in [4.69, 9.17) is 25.7 Å². The van der Waals surface area contributed by atoms with Crippen LogP contribution in [0.25, 0.3) is 16.6 Å². The van der Waals surface area contributed by atoms with E-state index in [2.05, 4.69) is 74.1 Å². The smallest absolute Gasteiger partial charge is 0.347 e. The SMILES string of the molecule is C=Nn1cnc(/C(C=N)=C/N)c(OC(C)C)/c1=N/CNc1ccc(SN(C)CCCN2CCC(c3ccc4c(c3)n(C)c(=O)n4NC)CC2)cc1.CC.CC=O.CCCC=O. The fourth-order valence-electron chi connectivity index (χ4n) is 6.44. The van der Waals surface area contributed by atoms with Crippen LogP contribution in [-0.4, -0.2) is 107 Å². The van der Waals surface area contributed by atoms with Gasteiger partial charge < -0.3 is 41.1 Å². The van der Waals surface area contributed by atoms with Gasteiger partial charge in [-0.2, -0.15) is 5.10 Å². The molecule has 334 valence electrons. The normalized spacial score (nSPS) is 13.3. The van der Waals surface area contributed by atoms with Crippen LogP contribution >= 0.6 is 11.9 Å². The number of unbranched alkanes of at least 4 members (excludes halogenated alkanes) is 1. The lowest BCUT2D eigenvalue weighted by Gasteiger charge is -2.32. The van der Waals surface area contributed by atoms with Crippen molar-refractivity contribution in [2.24, 2.45) is 22.9 Å². The summed E-state index contributed by atoms with van der Waals surface area (Å²) in [5.41, 5.74) is 14.0. The van der Waals surface area contributed by atoms with Gasteiger partial charge in [0.15, 0.2) is 11.2 Å². The first kappa shape index (κ1) is 51.6. The number of allylic oxidation sites excluding steroid dienone is 1.